The molecular formula is C12H16FNO. The van der Waals surface area contributed by atoms with Crippen molar-refractivity contribution in [2.24, 2.45) is 0 Å². The lowest BCUT2D eigenvalue weighted by molar-refractivity contribution is 0.408. The highest BCUT2D eigenvalue weighted by atomic mass is 19.1. The van der Waals surface area contributed by atoms with Crippen LogP contribution in [0, 0.1) is 12.7 Å². The van der Waals surface area contributed by atoms with E-state index in [1.54, 1.807) is 13.2 Å². The fourth-order valence-corrected chi connectivity index (χ4v) is 2.30. The van der Waals surface area contributed by atoms with E-state index in [1.165, 1.54) is 6.07 Å². The maximum atomic E-state index is 13.7. The number of methoxy groups -OCH3 is 1. The predicted molar refractivity (Wildman–Crippen MR) is 57.9 cm³/mol. The van der Waals surface area contributed by atoms with E-state index in [2.05, 4.69) is 5.32 Å². The Morgan fingerprint density at radius 1 is 1.47 bits per heavy atom. The van der Waals surface area contributed by atoms with Crippen molar-refractivity contribution in [2.75, 3.05) is 20.2 Å². The lowest BCUT2D eigenvalue weighted by Gasteiger charge is -2.16. The second-order valence-electron chi connectivity index (χ2n) is 3.98. The lowest BCUT2D eigenvalue weighted by atomic mass is 9.93. The van der Waals surface area contributed by atoms with Gasteiger partial charge in [-0.2, -0.15) is 0 Å². The maximum absolute atomic E-state index is 13.7. The smallest absolute Gasteiger partial charge is 0.127 e. The van der Waals surface area contributed by atoms with Crippen LogP contribution in [0.5, 0.6) is 5.75 Å². The van der Waals surface area contributed by atoms with Crippen LogP contribution in [-0.4, -0.2) is 20.2 Å². The molecule has 1 aromatic rings. The zero-order chi connectivity index (χ0) is 10.8. The Balaban J connectivity index is 2.43. The second kappa shape index (κ2) is 4.19. The third-order valence-electron chi connectivity index (χ3n) is 3.10. The van der Waals surface area contributed by atoms with Crippen molar-refractivity contribution in [3.8, 4) is 5.75 Å². The molecule has 15 heavy (non-hydrogen) atoms. The number of rotatable bonds is 2. The third-order valence-corrected chi connectivity index (χ3v) is 3.10. The molecule has 1 aromatic carbocycles. The van der Waals surface area contributed by atoms with Gasteiger partial charge in [-0.3, -0.25) is 0 Å². The Morgan fingerprint density at radius 2 is 2.27 bits per heavy atom. The molecule has 0 bridgehead atoms. The Hall–Kier alpha value is -1.09. The summed E-state index contributed by atoms with van der Waals surface area (Å²) < 4.78 is 18.9. The van der Waals surface area contributed by atoms with Crippen LogP contribution in [0.15, 0.2) is 12.1 Å². The average Bonchev–Trinajstić information content (AvgIpc) is 2.71. The zero-order valence-corrected chi connectivity index (χ0v) is 9.14. The van der Waals surface area contributed by atoms with Gasteiger partial charge in [0.2, 0.25) is 0 Å². The van der Waals surface area contributed by atoms with Gasteiger partial charge in [0.1, 0.15) is 11.6 Å². The molecule has 1 saturated heterocycles. The highest BCUT2D eigenvalue weighted by molar-refractivity contribution is 5.42. The standard InChI is InChI=1S/C12H16FNO/c1-8-11(15-2)4-3-10(13)12(8)9-5-6-14-7-9/h3-4,9,14H,5-7H2,1-2H3. The second-order valence-corrected chi connectivity index (χ2v) is 3.98. The molecule has 0 aliphatic carbocycles. The van der Waals surface area contributed by atoms with Gasteiger partial charge in [-0.05, 0) is 43.1 Å². The van der Waals surface area contributed by atoms with Crippen molar-refractivity contribution in [1.82, 2.24) is 5.32 Å². The van der Waals surface area contributed by atoms with Crippen molar-refractivity contribution in [3.63, 3.8) is 0 Å². The molecule has 0 radical (unpaired) electrons. The molecule has 0 amide bonds. The van der Waals surface area contributed by atoms with E-state index in [1.807, 2.05) is 6.92 Å². The van der Waals surface area contributed by atoms with Crippen LogP contribution in [0.25, 0.3) is 0 Å². The van der Waals surface area contributed by atoms with E-state index in [9.17, 15) is 4.39 Å². The van der Waals surface area contributed by atoms with Gasteiger partial charge in [-0.25, -0.2) is 4.39 Å². The van der Waals surface area contributed by atoms with E-state index in [-0.39, 0.29) is 5.82 Å². The maximum Gasteiger partial charge on any atom is 0.127 e. The molecule has 1 aliphatic heterocycles. The van der Waals surface area contributed by atoms with Crippen molar-refractivity contribution in [1.29, 1.82) is 0 Å². The molecule has 1 unspecified atom stereocenters. The first-order chi connectivity index (χ1) is 7.24. The van der Waals surface area contributed by atoms with Gasteiger partial charge in [0.15, 0.2) is 0 Å². The Morgan fingerprint density at radius 3 is 2.87 bits per heavy atom. The number of halogens is 1. The van der Waals surface area contributed by atoms with Crippen LogP contribution in [0.3, 0.4) is 0 Å². The molecular weight excluding hydrogens is 193 g/mol. The molecule has 1 aliphatic rings. The molecule has 2 nitrogen and oxygen atoms in total. The summed E-state index contributed by atoms with van der Waals surface area (Å²) in [6.45, 7) is 3.77. The first-order valence-corrected chi connectivity index (χ1v) is 5.27. The van der Waals surface area contributed by atoms with Gasteiger partial charge >= 0.3 is 0 Å². The topological polar surface area (TPSA) is 21.3 Å². The number of hydrogen-bond acceptors (Lipinski definition) is 2. The Labute approximate surface area is 89.4 Å². The van der Waals surface area contributed by atoms with Crippen LogP contribution in [0.1, 0.15) is 23.5 Å². The van der Waals surface area contributed by atoms with Gasteiger partial charge in [-0.1, -0.05) is 0 Å². The number of ether oxygens (including phenoxy) is 1. The number of benzene rings is 1. The molecule has 2 rings (SSSR count). The summed E-state index contributed by atoms with van der Waals surface area (Å²) in [6.07, 6.45) is 1.00. The van der Waals surface area contributed by atoms with Crippen LogP contribution < -0.4 is 10.1 Å². The van der Waals surface area contributed by atoms with Crippen molar-refractivity contribution >= 4 is 0 Å². The van der Waals surface area contributed by atoms with E-state index in [0.29, 0.717) is 5.92 Å². The summed E-state index contributed by atoms with van der Waals surface area (Å²) in [5.74, 6) is 0.959. The predicted octanol–water partition coefficient (Wildman–Crippen LogP) is 2.22. The third kappa shape index (κ3) is 1.84. The molecule has 0 spiro atoms. The summed E-state index contributed by atoms with van der Waals surface area (Å²) in [5.41, 5.74) is 1.76. The summed E-state index contributed by atoms with van der Waals surface area (Å²) >= 11 is 0. The minimum atomic E-state index is -0.109. The monoisotopic (exact) mass is 209 g/mol. The largest absolute Gasteiger partial charge is 0.496 e. The van der Waals surface area contributed by atoms with E-state index in [4.69, 9.17) is 4.74 Å². The molecule has 1 N–H and O–H groups in total. The van der Waals surface area contributed by atoms with Crippen LogP contribution >= 0.6 is 0 Å². The molecule has 0 aromatic heterocycles. The Kier molecular flexibility index (Phi) is 2.91. The van der Waals surface area contributed by atoms with Crippen molar-refractivity contribution < 1.29 is 9.13 Å². The van der Waals surface area contributed by atoms with Crippen LogP contribution in [-0.2, 0) is 0 Å². The molecule has 0 saturated carbocycles. The average molecular weight is 209 g/mol. The fraction of sp³-hybridized carbons (Fsp3) is 0.500. The molecule has 1 atom stereocenters. The van der Waals surface area contributed by atoms with Gasteiger partial charge in [-0.15, -0.1) is 0 Å². The van der Waals surface area contributed by atoms with Crippen LogP contribution in [0.4, 0.5) is 4.39 Å². The van der Waals surface area contributed by atoms with Gasteiger partial charge in [0.05, 0.1) is 7.11 Å². The van der Waals surface area contributed by atoms with E-state index < -0.39 is 0 Å². The molecule has 1 fully saturated rings. The molecule has 82 valence electrons. The first-order valence-electron chi connectivity index (χ1n) is 5.27. The minimum Gasteiger partial charge on any atom is -0.496 e. The van der Waals surface area contributed by atoms with E-state index in [0.717, 1.165) is 36.4 Å². The minimum absolute atomic E-state index is 0.109. The lowest BCUT2D eigenvalue weighted by Crippen LogP contribution is -2.10. The molecule has 3 heteroatoms. The molecule has 1 heterocycles. The SMILES string of the molecule is COc1ccc(F)c(C2CCNC2)c1C. The zero-order valence-electron chi connectivity index (χ0n) is 9.14. The van der Waals surface area contributed by atoms with Gasteiger partial charge in [0, 0.05) is 12.5 Å². The fourth-order valence-electron chi connectivity index (χ4n) is 2.30. The summed E-state index contributed by atoms with van der Waals surface area (Å²) in [5, 5.41) is 3.26. The quantitative estimate of drug-likeness (QED) is 0.806. The van der Waals surface area contributed by atoms with Crippen molar-refractivity contribution in [2.45, 2.75) is 19.3 Å². The van der Waals surface area contributed by atoms with Gasteiger partial charge in [0.25, 0.3) is 0 Å². The highest BCUT2D eigenvalue weighted by Crippen LogP contribution is 2.32. The van der Waals surface area contributed by atoms with Gasteiger partial charge < -0.3 is 10.1 Å². The van der Waals surface area contributed by atoms with Crippen LogP contribution in [0.2, 0.25) is 0 Å². The normalized spacial score (nSPS) is 20.6. The summed E-state index contributed by atoms with van der Waals surface area (Å²) in [4.78, 5) is 0. The summed E-state index contributed by atoms with van der Waals surface area (Å²) in [6, 6.07) is 3.19. The van der Waals surface area contributed by atoms with Crippen molar-refractivity contribution in [3.05, 3.63) is 29.1 Å². The number of hydrogen-bond donors (Lipinski definition) is 1. The highest BCUT2D eigenvalue weighted by Gasteiger charge is 2.23. The number of nitrogens with one attached hydrogen (secondary N) is 1. The Bertz CT molecular complexity index is 359. The summed E-state index contributed by atoms with van der Waals surface area (Å²) in [7, 11) is 1.62. The van der Waals surface area contributed by atoms with E-state index >= 15 is 0 Å². The first kappa shape index (κ1) is 10.4.